The van der Waals surface area contributed by atoms with Crippen molar-refractivity contribution >= 4 is 27.5 Å². The average Bonchev–Trinajstić information content (AvgIpc) is 2.80. The number of amides is 1. The lowest BCUT2D eigenvalue weighted by molar-refractivity contribution is -0.117. The van der Waals surface area contributed by atoms with Crippen LogP contribution < -0.4 is 11.1 Å². The minimum atomic E-state index is 0.0274. The molecule has 5 heteroatoms. The number of carbonyl (C=O) groups excluding carboxylic acids is 1. The van der Waals surface area contributed by atoms with Gasteiger partial charge in [0.25, 0.3) is 0 Å². The Bertz CT molecular complexity index is 424. The van der Waals surface area contributed by atoms with E-state index in [-0.39, 0.29) is 5.91 Å². The normalized spacial score (nSPS) is 20.0. The minimum Gasteiger partial charge on any atom is -0.330 e. The number of nitrogens with zero attached hydrogens (tertiary/aromatic N) is 1. The van der Waals surface area contributed by atoms with E-state index in [1.54, 1.807) is 0 Å². The molecule has 98 valence electrons. The van der Waals surface area contributed by atoms with Gasteiger partial charge in [-0.1, -0.05) is 12.1 Å². The fraction of sp³-hybridized carbons (Fsp3) is 0.462. The molecule has 0 aliphatic carbocycles. The van der Waals surface area contributed by atoms with Gasteiger partial charge in [-0.3, -0.25) is 9.69 Å². The summed E-state index contributed by atoms with van der Waals surface area (Å²) in [6.07, 6.45) is 1.10. The van der Waals surface area contributed by atoms with Crippen LogP contribution in [0, 0.1) is 5.92 Å². The van der Waals surface area contributed by atoms with Crippen LogP contribution in [0.25, 0.3) is 0 Å². The summed E-state index contributed by atoms with van der Waals surface area (Å²) in [6, 6.07) is 7.62. The molecule has 1 saturated heterocycles. The van der Waals surface area contributed by atoms with Crippen LogP contribution in [0.1, 0.15) is 6.42 Å². The summed E-state index contributed by atoms with van der Waals surface area (Å²) in [4.78, 5) is 14.1. The van der Waals surface area contributed by atoms with Crippen molar-refractivity contribution in [2.24, 2.45) is 11.7 Å². The topological polar surface area (TPSA) is 58.4 Å². The van der Waals surface area contributed by atoms with Crippen molar-refractivity contribution in [3.8, 4) is 0 Å². The zero-order valence-electron chi connectivity index (χ0n) is 10.2. The van der Waals surface area contributed by atoms with Crippen LogP contribution in [-0.4, -0.2) is 37.0 Å². The van der Waals surface area contributed by atoms with Gasteiger partial charge in [0.1, 0.15) is 0 Å². The first-order valence-corrected chi connectivity index (χ1v) is 6.95. The molecule has 1 fully saturated rings. The van der Waals surface area contributed by atoms with E-state index in [1.165, 1.54) is 0 Å². The lowest BCUT2D eigenvalue weighted by atomic mass is 10.1. The standard InChI is InChI=1S/C13H18BrN3O/c14-11-3-1-2-4-12(11)16-13(18)9-17-6-5-10(7-15)8-17/h1-4,10H,5-9,15H2,(H,16,18). The van der Waals surface area contributed by atoms with Crippen molar-refractivity contribution < 1.29 is 4.79 Å². The number of halogens is 1. The maximum atomic E-state index is 11.9. The summed E-state index contributed by atoms with van der Waals surface area (Å²) >= 11 is 3.41. The number of carbonyl (C=O) groups is 1. The second kappa shape index (κ2) is 6.31. The van der Waals surface area contributed by atoms with Gasteiger partial charge in [0.05, 0.1) is 12.2 Å². The molecule has 1 aliphatic heterocycles. The molecule has 1 amide bonds. The van der Waals surface area contributed by atoms with Crippen LogP contribution in [0.3, 0.4) is 0 Å². The number of hydrogen-bond donors (Lipinski definition) is 2. The molecule has 2 rings (SSSR count). The molecule has 1 aromatic carbocycles. The van der Waals surface area contributed by atoms with E-state index >= 15 is 0 Å². The summed E-state index contributed by atoms with van der Waals surface area (Å²) in [5.41, 5.74) is 6.45. The number of hydrogen-bond acceptors (Lipinski definition) is 3. The first kappa shape index (κ1) is 13.5. The van der Waals surface area contributed by atoms with E-state index in [2.05, 4.69) is 26.1 Å². The first-order valence-electron chi connectivity index (χ1n) is 6.16. The van der Waals surface area contributed by atoms with Crippen LogP contribution in [0.4, 0.5) is 5.69 Å². The molecular weight excluding hydrogens is 294 g/mol. The maximum absolute atomic E-state index is 11.9. The summed E-state index contributed by atoms with van der Waals surface area (Å²) in [5.74, 6) is 0.570. The van der Waals surface area contributed by atoms with Gasteiger partial charge in [-0.25, -0.2) is 0 Å². The fourth-order valence-corrected chi connectivity index (χ4v) is 2.59. The molecule has 18 heavy (non-hydrogen) atoms. The van der Waals surface area contributed by atoms with Gasteiger partial charge < -0.3 is 11.1 Å². The molecule has 3 N–H and O–H groups in total. The van der Waals surface area contributed by atoms with E-state index in [1.807, 2.05) is 24.3 Å². The molecule has 0 spiro atoms. The molecule has 1 unspecified atom stereocenters. The highest BCUT2D eigenvalue weighted by atomic mass is 79.9. The SMILES string of the molecule is NCC1CCN(CC(=O)Nc2ccccc2Br)C1. The maximum Gasteiger partial charge on any atom is 0.238 e. The van der Waals surface area contributed by atoms with Gasteiger partial charge in [-0.2, -0.15) is 0 Å². The Morgan fingerprint density at radius 3 is 2.94 bits per heavy atom. The lowest BCUT2D eigenvalue weighted by Crippen LogP contribution is -2.32. The number of para-hydroxylation sites is 1. The Hall–Kier alpha value is -0.910. The highest BCUT2D eigenvalue weighted by Crippen LogP contribution is 2.21. The van der Waals surface area contributed by atoms with Gasteiger partial charge in [0, 0.05) is 11.0 Å². The van der Waals surface area contributed by atoms with E-state index < -0.39 is 0 Å². The predicted octanol–water partition coefficient (Wildman–Crippen LogP) is 1.67. The van der Waals surface area contributed by atoms with E-state index in [0.29, 0.717) is 19.0 Å². The molecule has 4 nitrogen and oxygen atoms in total. The average molecular weight is 312 g/mol. The van der Waals surface area contributed by atoms with Crippen molar-refractivity contribution in [1.29, 1.82) is 0 Å². The smallest absolute Gasteiger partial charge is 0.238 e. The Balaban J connectivity index is 1.84. The zero-order valence-corrected chi connectivity index (χ0v) is 11.8. The van der Waals surface area contributed by atoms with Gasteiger partial charge in [-0.05, 0) is 53.5 Å². The number of nitrogens with one attached hydrogen (secondary N) is 1. The van der Waals surface area contributed by atoms with Crippen molar-refractivity contribution in [2.75, 3.05) is 31.5 Å². The Kier molecular flexibility index (Phi) is 4.74. The second-order valence-electron chi connectivity index (χ2n) is 4.65. The molecular formula is C13H18BrN3O. The minimum absolute atomic E-state index is 0.0274. The second-order valence-corrected chi connectivity index (χ2v) is 5.51. The van der Waals surface area contributed by atoms with Crippen LogP contribution in [0.15, 0.2) is 28.7 Å². The number of rotatable bonds is 4. The predicted molar refractivity (Wildman–Crippen MR) is 76.4 cm³/mol. The number of anilines is 1. The third kappa shape index (κ3) is 3.54. The molecule has 1 heterocycles. The molecule has 1 aromatic rings. The summed E-state index contributed by atoms with van der Waals surface area (Å²) in [5, 5.41) is 2.91. The number of nitrogens with two attached hydrogens (primary N) is 1. The van der Waals surface area contributed by atoms with Crippen LogP contribution in [-0.2, 0) is 4.79 Å². The molecule has 0 aromatic heterocycles. The van der Waals surface area contributed by atoms with Crippen LogP contribution >= 0.6 is 15.9 Å². The summed E-state index contributed by atoms with van der Waals surface area (Å²) in [7, 11) is 0. The highest BCUT2D eigenvalue weighted by Gasteiger charge is 2.22. The van der Waals surface area contributed by atoms with Gasteiger partial charge in [0.2, 0.25) is 5.91 Å². The largest absolute Gasteiger partial charge is 0.330 e. The van der Waals surface area contributed by atoms with E-state index in [0.717, 1.165) is 29.7 Å². The molecule has 0 saturated carbocycles. The molecule has 0 radical (unpaired) electrons. The van der Waals surface area contributed by atoms with Crippen molar-refractivity contribution in [3.63, 3.8) is 0 Å². The quantitative estimate of drug-likeness (QED) is 0.889. The Morgan fingerprint density at radius 2 is 2.28 bits per heavy atom. The van der Waals surface area contributed by atoms with E-state index in [9.17, 15) is 4.79 Å². The Morgan fingerprint density at radius 1 is 1.50 bits per heavy atom. The molecule has 0 bridgehead atoms. The summed E-state index contributed by atoms with van der Waals surface area (Å²) < 4.78 is 0.902. The number of likely N-dealkylation sites (tertiary alicyclic amines) is 1. The van der Waals surface area contributed by atoms with Gasteiger partial charge in [0.15, 0.2) is 0 Å². The third-order valence-corrected chi connectivity index (χ3v) is 3.91. The summed E-state index contributed by atoms with van der Waals surface area (Å²) in [6.45, 7) is 3.05. The zero-order chi connectivity index (χ0) is 13.0. The first-order chi connectivity index (χ1) is 8.69. The molecule has 1 aliphatic rings. The third-order valence-electron chi connectivity index (χ3n) is 3.22. The van der Waals surface area contributed by atoms with Gasteiger partial charge >= 0.3 is 0 Å². The monoisotopic (exact) mass is 311 g/mol. The van der Waals surface area contributed by atoms with Crippen LogP contribution in [0.2, 0.25) is 0 Å². The van der Waals surface area contributed by atoms with Gasteiger partial charge in [-0.15, -0.1) is 0 Å². The fourth-order valence-electron chi connectivity index (χ4n) is 2.20. The van der Waals surface area contributed by atoms with Crippen molar-refractivity contribution in [1.82, 2.24) is 4.90 Å². The Labute approximate surface area is 116 Å². The highest BCUT2D eigenvalue weighted by molar-refractivity contribution is 9.10. The van der Waals surface area contributed by atoms with Crippen LogP contribution in [0.5, 0.6) is 0 Å². The van der Waals surface area contributed by atoms with E-state index in [4.69, 9.17) is 5.73 Å². The van der Waals surface area contributed by atoms with Crippen molar-refractivity contribution in [3.05, 3.63) is 28.7 Å². The molecule has 1 atom stereocenters. The number of benzene rings is 1. The lowest BCUT2D eigenvalue weighted by Gasteiger charge is -2.15. The van der Waals surface area contributed by atoms with Crippen molar-refractivity contribution in [2.45, 2.75) is 6.42 Å².